The Balaban J connectivity index is 0.000000172. The molecule has 4 atom stereocenters. The second-order valence-corrected chi connectivity index (χ2v) is 15.3. The lowest BCUT2D eigenvalue weighted by Gasteiger charge is -2.23. The summed E-state index contributed by atoms with van der Waals surface area (Å²) < 4.78 is 0. The van der Waals surface area contributed by atoms with Crippen molar-refractivity contribution in [1.82, 2.24) is 10.6 Å². The van der Waals surface area contributed by atoms with Gasteiger partial charge in [0.05, 0.1) is 12.8 Å². The lowest BCUT2D eigenvalue weighted by Crippen LogP contribution is -2.34. The quantitative estimate of drug-likeness (QED) is 0.0985. The number of benzene rings is 6. The van der Waals surface area contributed by atoms with Crippen LogP contribution in [0.15, 0.2) is 133 Å². The molecule has 2 saturated heterocycles. The first-order valence-corrected chi connectivity index (χ1v) is 19.8. The van der Waals surface area contributed by atoms with Gasteiger partial charge in [-0.2, -0.15) is 0 Å². The van der Waals surface area contributed by atoms with Gasteiger partial charge in [-0.3, -0.25) is 9.59 Å². The molecular formula is C48H52N4O4. The summed E-state index contributed by atoms with van der Waals surface area (Å²) >= 11 is 0. The summed E-state index contributed by atoms with van der Waals surface area (Å²) in [4.78, 5) is 26.4. The zero-order valence-electron chi connectivity index (χ0n) is 32.3. The number of anilines is 2. The Kier molecular flexibility index (Phi) is 12.3. The molecule has 6 aromatic rings. The maximum absolute atomic E-state index is 10.8. The van der Waals surface area contributed by atoms with Gasteiger partial charge < -0.3 is 30.6 Å². The first kappa shape index (κ1) is 38.6. The predicted molar refractivity (Wildman–Crippen MR) is 228 cm³/mol. The van der Waals surface area contributed by atoms with Crippen molar-refractivity contribution in [2.45, 2.75) is 63.7 Å². The standard InChI is InChI=1S/2C24H26N2O2/c2*1-17(22-8-4-6-19-5-2-3-7-23(19)22)25-20-13-14-26(16-20)21-11-9-18(10-12-21)15-24(27)28/h2*2-12,17,20,25H,13-16H2,1H3,(H,27,28)/t2*17-,20+/m11/s1. The van der Waals surface area contributed by atoms with Crippen molar-refractivity contribution in [3.8, 4) is 0 Å². The highest BCUT2D eigenvalue weighted by molar-refractivity contribution is 5.87. The zero-order valence-corrected chi connectivity index (χ0v) is 32.3. The van der Waals surface area contributed by atoms with Gasteiger partial charge in [-0.05, 0) is 94.8 Å². The summed E-state index contributed by atoms with van der Waals surface area (Å²) in [5.74, 6) is -1.58. The molecule has 6 aromatic carbocycles. The molecule has 0 spiro atoms. The van der Waals surface area contributed by atoms with E-state index in [1.165, 1.54) is 32.7 Å². The average molecular weight is 749 g/mol. The molecule has 2 aliphatic heterocycles. The van der Waals surface area contributed by atoms with Crippen LogP contribution >= 0.6 is 0 Å². The molecule has 4 N–H and O–H groups in total. The van der Waals surface area contributed by atoms with Crippen molar-refractivity contribution in [1.29, 1.82) is 0 Å². The molecule has 0 aromatic heterocycles. The number of nitrogens with one attached hydrogen (secondary N) is 2. The lowest BCUT2D eigenvalue weighted by molar-refractivity contribution is -0.137. The highest BCUT2D eigenvalue weighted by Gasteiger charge is 2.26. The van der Waals surface area contributed by atoms with Gasteiger partial charge >= 0.3 is 11.9 Å². The molecule has 0 amide bonds. The van der Waals surface area contributed by atoms with Crippen molar-refractivity contribution in [3.63, 3.8) is 0 Å². The van der Waals surface area contributed by atoms with E-state index in [1.54, 1.807) is 0 Å². The highest BCUT2D eigenvalue weighted by atomic mass is 16.4. The molecule has 0 unspecified atom stereocenters. The molecule has 288 valence electrons. The smallest absolute Gasteiger partial charge is 0.307 e. The SMILES string of the molecule is C[C@@H](N[C@H]1CCN(c2ccc(CC(=O)O)cc2)C1)c1cccc2ccccc12.C[C@@H](N[C@H]1CCN(c2ccc(CC(=O)O)cc2)C1)c1cccc2ccccc12. The van der Waals surface area contributed by atoms with Crippen LogP contribution in [0.25, 0.3) is 21.5 Å². The molecule has 2 heterocycles. The minimum atomic E-state index is -0.791. The first-order valence-electron chi connectivity index (χ1n) is 19.8. The van der Waals surface area contributed by atoms with E-state index in [-0.39, 0.29) is 24.9 Å². The fourth-order valence-corrected chi connectivity index (χ4v) is 8.40. The molecule has 8 nitrogen and oxygen atoms in total. The van der Waals surface area contributed by atoms with Crippen molar-refractivity contribution < 1.29 is 19.8 Å². The molecule has 0 radical (unpaired) electrons. The number of rotatable bonds is 12. The average Bonchev–Trinajstić information content (AvgIpc) is 3.88. The maximum Gasteiger partial charge on any atom is 0.307 e. The summed E-state index contributed by atoms with van der Waals surface area (Å²) in [6.45, 7) is 8.44. The minimum Gasteiger partial charge on any atom is -0.481 e. The fraction of sp³-hybridized carbons (Fsp3) is 0.292. The minimum absolute atomic E-state index is 0.0764. The molecule has 56 heavy (non-hydrogen) atoms. The number of nitrogens with zero attached hydrogens (tertiary/aromatic N) is 2. The predicted octanol–water partition coefficient (Wildman–Crippen LogP) is 8.79. The van der Waals surface area contributed by atoms with E-state index in [2.05, 4.69) is 119 Å². The topological polar surface area (TPSA) is 105 Å². The van der Waals surface area contributed by atoms with E-state index in [0.29, 0.717) is 12.1 Å². The number of fused-ring (bicyclic) bond motifs is 2. The lowest BCUT2D eigenvalue weighted by atomic mass is 9.99. The van der Waals surface area contributed by atoms with Crippen LogP contribution in [0.2, 0.25) is 0 Å². The Labute approximate surface area is 329 Å². The Morgan fingerprint density at radius 2 is 0.929 bits per heavy atom. The third kappa shape index (κ3) is 9.56. The summed E-state index contributed by atoms with van der Waals surface area (Å²) in [7, 11) is 0. The van der Waals surface area contributed by atoms with Gasteiger partial charge in [-0.25, -0.2) is 0 Å². The Bertz CT molecular complexity index is 2090. The van der Waals surface area contributed by atoms with Crippen molar-refractivity contribution in [2.24, 2.45) is 0 Å². The molecular weight excluding hydrogens is 697 g/mol. The normalized spacial score (nSPS) is 17.8. The third-order valence-corrected chi connectivity index (χ3v) is 11.2. The molecule has 8 rings (SSSR count). The van der Waals surface area contributed by atoms with Crippen LogP contribution in [0, 0.1) is 0 Å². The van der Waals surface area contributed by atoms with E-state index < -0.39 is 11.9 Å². The van der Waals surface area contributed by atoms with Crippen LogP contribution < -0.4 is 20.4 Å². The monoisotopic (exact) mass is 748 g/mol. The maximum atomic E-state index is 10.8. The first-order chi connectivity index (χ1) is 27.2. The van der Waals surface area contributed by atoms with Crippen LogP contribution in [0.5, 0.6) is 0 Å². The van der Waals surface area contributed by atoms with Crippen LogP contribution in [0.4, 0.5) is 11.4 Å². The number of carboxylic acid groups (broad SMARTS) is 2. The largest absolute Gasteiger partial charge is 0.481 e. The van der Waals surface area contributed by atoms with Gasteiger partial charge in [0, 0.05) is 61.7 Å². The van der Waals surface area contributed by atoms with Crippen molar-refractivity contribution in [2.75, 3.05) is 36.0 Å². The second kappa shape index (κ2) is 17.8. The number of carbonyl (C=O) groups is 2. The number of hydrogen-bond acceptors (Lipinski definition) is 6. The van der Waals surface area contributed by atoms with Crippen LogP contribution in [-0.2, 0) is 22.4 Å². The Morgan fingerprint density at radius 3 is 1.32 bits per heavy atom. The van der Waals surface area contributed by atoms with E-state index in [0.717, 1.165) is 61.5 Å². The summed E-state index contributed by atoms with van der Waals surface area (Å²) in [6.07, 6.45) is 2.36. The van der Waals surface area contributed by atoms with Gasteiger partial charge in [0.1, 0.15) is 0 Å². The van der Waals surface area contributed by atoms with Crippen molar-refractivity contribution >= 4 is 44.9 Å². The van der Waals surface area contributed by atoms with Gasteiger partial charge in [0.2, 0.25) is 0 Å². The molecule has 2 fully saturated rings. The van der Waals surface area contributed by atoms with E-state index in [9.17, 15) is 9.59 Å². The molecule has 2 aliphatic rings. The van der Waals surface area contributed by atoms with Gasteiger partial charge in [-0.15, -0.1) is 0 Å². The summed E-state index contributed by atoms with van der Waals surface area (Å²) in [5.41, 5.74) is 6.70. The summed E-state index contributed by atoms with van der Waals surface area (Å²) in [6, 6.07) is 47.4. The summed E-state index contributed by atoms with van der Waals surface area (Å²) in [5, 5.41) is 30.6. The van der Waals surface area contributed by atoms with Gasteiger partial charge in [-0.1, -0.05) is 109 Å². The molecule has 0 aliphatic carbocycles. The number of carboxylic acids is 2. The van der Waals surface area contributed by atoms with E-state index >= 15 is 0 Å². The van der Waals surface area contributed by atoms with Gasteiger partial charge in [0.15, 0.2) is 0 Å². The Morgan fingerprint density at radius 1 is 0.554 bits per heavy atom. The molecule has 0 saturated carbocycles. The number of hydrogen-bond donors (Lipinski definition) is 4. The molecule has 0 bridgehead atoms. The van der Waals surface area contributed by atoms with Crippen LogP contribution in [0.1, 0.15) is 61.0 Å². The molecule has 8 heteroatoms. The van der Waals surface area contributed by atoms with Crippen LogP contribution in [0.3, 0.4) is 0 Å². The highest BCUT2D eigenvalue weighted by Crippen LogP contribution is 2.29. The van der Waals surface area contributed by atoms with E-state index in [4.69, 9.17) is 10.2 Å². The number of aliphatic carboxylic acids is 2. The second-order valence-electron chi connectivity index (χ2n) is 15.3. The Hall–Kier alpha value is -5.70. The fourth-order valence-electron chi connectivity index (χ4n) is 8.40. The third-order valence-electron chi connectivity index (χ3n) is 11.2. The van der Waals surface area contributed by atoms with Crippen molar-refractivity contribution in [3.05, 3.63) is 156 Å². The van der Waals surface area contributed by atoms with Crippen LogP contribution in [-0.4, -0.2) is 60.4 Å². The van der Waals surface area contributed by atoms with Gasteiger partial charge in [0.25, 0.3) is 0 Å². The van der Waals surface area contributed by atoms with E-state index in [1.807, 2.05) is 48.5 Å². The zero-order chi connectivity index (χ0) is 39.0.